The monoisotopic (exact) mass is 297 g/mol. The predicted octanol–water partition coefficient (Wildman–Crippen LogP) is 2.00. The van der Waals surface area contributed by atoms with Crippen LogP contribution >= 0.6 is 11.8 Å². The van der Waals surface area contributed by atoms with Crippen molar-refractivity contribution in [2.24, 2.45) is 0 Å². The molecule has 0 aliphatic carbocycles. The number of benzene rings is 1. The lowest BCUT2D eigenvalue weighted by atomic mass is 10.2. The van der Waals surface area contributed by atoms with Gasteiger partial charge in [0.05, 0.1) is 0 Å². The second-order valence-electron chi connectivity index (χ2n) is 4.39. The second kappa shape index (κ2) is 7.40. The molecule has 0 spiro atoms. The number of ether oxygens (including phenoxy) is 2. The largest absolute Gasteiger partial charge is 0.486 e. The lowest BCUT2D eigenvalue weighted by molar-refractivity contribution is -0.139. The molecule has 6 heteroatoms. The maximum atomic E-state index is 11.0. The molecule has 1 heterocycles. The molecule has 1 aliphatic heterocycles. The van der Waals surface area contributed by atoms with Crippen LogP contribution in [-0.2, 0) is 4.79 Å². The summed E-state index contributed by atoms with van der Waals surface area (Å²) in [5.74, 6) is 1.48. The van der Waals surface area contributed by atoms with Crippen LogP contribution in [0.3, 0.4) is 0 Å². The lowest BCUT2D eigenvalue weighted by Crippen LogP contribution is -2.36. The van der Waals surface area contributed by atoms with Gasteiger partial charge in [-0.05, 0) is 31.2 Å². The zero-order chi connectivity index (χ0) is 14.4. The SMILES string of the molecule is CCNC(CCSc1ccc2c(c1)OCCO2)C(=O)O. The normalized spacial score (nSPS) is 14.8. The van der Waals surface area contributed by atoms with E-state index in [0.29, 0.717) is 26.2 Å². The van der Waals surface area contributed by atoms with E-state index in [-0.39, 0.29) is 0 Å². The molecule has 1 aromatic rings. The topological polar surface area (TPSA) is 67.8 Å². The van der Waals surface area contributed by atoms with Gasteiger partial charge in [-0.3, -0.25) is 4.79 Å². The smallest absolute Gasteiger partial charge is 0.320 e. The number of nitrogens with one attached hydrogen (secondary N) is 1. The van der Waals surface area contributed by atoms with Gasteiger partial charge in [0.1, 0.15) is 19.3 Å². The summed E-state index contributed by atoms with van der Waals surface area (Å²) in [6.07, 6.45) is 0.586. The molecule has 2 rings (SSSR count). The summed E-state index contributed by atoms with van der Waals surface area (Å²) >= 11 is 1.63. The van der Waals surface area contributed by atoms with E-state index >= 15 is 0 Å². The molecule has 0 saturated carbocycles. The van der Waals surface area contributed by atoms with Crippen molar-refractivity contribution in [3.63, 3.8) is 0 Å². The zero-order valence-electron chi connectivity index (χ0n) is 11.4. The molecular weight excluding hydrogens is 278 g/mol. The number of carboxylic acid groups (broad SMARTS) is 1. The van der Waals surface area contributed by atoms with Gasteiger partial charge in [-0.1, -0.05) is 6.92 Å². The van der Waals surface area contributed by atoms with Crippen LogP contribution in [-0.4, -0.2) is 42.6 Å². The quantitative estimate of drug-likeness (QED) is 0.750. The predicted molar refractivity (Wildman–Crippen MR) is 77.9 cm³/mol. The van der Waals surface area contributed by atoms with E-state index in [0.717, 1.165) is 22.1 Å². The summed E-state index contributed by atoms with van der Waals surface area (Å²) in [5, 5.41) is 12.0. The number of hydrogen-bond acceptors (Lipinski definition) is 5. The summed E-state index contributed by atoms with van der Waals surface area (Å²) in [4.78, 5) is 12.1. The third-order valence-electron chi connectivity index (χ3n) is 2.94. The highest BCUT2D eigenvalue weighted by atomic mass is 32.2. The van der Waals surface area contributed by atoms with Gasteiger partial charge < -0.3 is 19.9 Å². The van der Waals surface area contributed by atoms with Gasteiger partial charge in [-0.2, -0.15) is 0 Å². The minimum Gasteiger partial charge on any atom is -0.486 e. The average molecular weight is 297 g/mol. The average Bonchev–Trinajstić information content (AvgIpc) is 2.46. The Morgan fingerprint density at radius 1 is 1.40 bits per heavy atom. The van der Waals surface area contributed by atoms with Crippen LogP contribution in [0, 0.1) is 0 Å². The van der Waals surface area contributed by atoms with Crippen molar-refractivity contribution in [1.29, 1.82) is 0 Å². The fourth-order valence-electron chi connectivity index (χ4n) is 1.97. The van der Waals surface area contributed by atoms with Crippen LogP contribution in [0.2, 0.25) is 0 Å². The van der Waals surface area contributed by atoms with Gasteiger partial charge in [0.2, 0.25) is 0 Å². The van der Waals surface area contributed by atoms with Crippen LogP contribution in [0.4, 0.5) is 0 Å². The number of fused-ring (bicyclic) bond motifs is 1. The van der Waals surface area contributed by atoms with E-state index < -0.39 is 12.0 Å². The highest BCUT2D eigenvalue weighted by molar-refractivity contribution is 7.99. The van der Waals surface area contributed by atoms with Crippen molar-refractivity contribution in [3.05, 3.63) is 18.2 Å². The molecule has 1 atom stereocenters. The van der Waals surface area contributed by atoms with Crippen LogP contribution in [0.15, 0.2) is 23.1 Å². The first-order valence-corrected chi connectivity index (χ1v) is 7.68. The third-order valence-corrected chi connectivity index (χ3v) is 3.96. The summed E-state index contributed by atoms with van der Waals surface area (Å²) < 4.78 is 11.0. The van der Waals surface area contributed by atoms with Gasteiger partial charge in [0.15, 0.2) is 11.5 Å². The fraction of sp³-hybridized carbons (Fsp3) is 0.500. The molecule has 1 unspecified atom stereocenters. The summed E-state index contributed by atoms with van der Waals surface area (Å²) in [7, 11) is 0. The Kier molecular flexibility index (Phi) is 5.55. The van der Waals surface area contributed by atoms with Crippen molar-refractivity contribution in [2.75, 3.05) is 25.5 Å². The van der Waals surface area contributed by atoms with Gasteiger partial charge in [0, 0.05) is 10.6 Å². The van der Waals surface area contributed by atoms with E-state index in [4.69, 9.17) is 14.6 Å². The molecule has 1 aliphatic rings. The Hall–Kier alpha value is -1.40. The van der Waals surface area contributed by atoms with Gasteiger partial charge in [0.25, 0.3) is 0 Å². The van der Waals surface area contributed by atoms with Crippen LogP contribution in [0.1, 0.15) is 13.3 Å². The number of likely N-dealkylation sites (N-methyl/N-ethyl adjacent to an activating group) is 1. The Morgan fingerprint density at radius 3 is 2.85 bits per heavy atom. The number of carboxylic acids is 1. The Balaban J connectivity index is 1.86. The molecule has 1 aromatic carbocycles. The van der Waals surface area contributed by atoms with Crippen LogP contribution in [0.25, 0.3) is 0 Å². The standard InChI is InChI=1S/C14H19NO4S/c1-2-15-11(14(16)17)5-8-20-10-3-4-12-13(9-10)19-7-6-18-12/h3-4,9,11,15H,2,5-8H2,1H3,(H,16,17). The molecule has 110 valence electrons. The highest BCUT2D eigenvalue weighted by Crippen LogP contribution is 2.34. The molecule has 0 radical (unpaired) electrons. The van der Waals surface area contributed by atoms with E-state index in [1.54, 1.807) is 11.8 Å². The minimum atomic E-state index is -0.797. The number of hydrogen-bond donors (Lipinski definition) is 2. The first kappa shape index (κ1) is 15.0. The van der Waals surface area contributed by atoms with E-state index in [2.05, 4.69) is 5.32 Å². The number of rotatable bonds is 7. The Labute approximate surface area is 122 Å². The molecular formula is C14H19NO4S. The maximum Gasteiger partial charge on any atom is 0.320 e. The third kappa shape index (κ3) is 4.05. The van der Waals surface area contributed by atoms with E-state index in [1.165, 1.54) is 0 Å². The van der Waals surface area contributed by atoms with Gasteiger partial charge in [-0.15, -0.1) is 11.8 Å². The molecule has 0 fully saturated rings. The highest BCUT2D eigenvalue weighted by Gasteiger charge is 2.16. The van der Waals surface area contributed by atoms with Crippen molar-refractivity contribution >= 4 is 17.7 Å². The molecule has 0 bridgehead atoms. The lowest BCUT2D eigenvalue weighted by Gasteiger charge is -2.19. The number of thioether (sulfide) groups is 1. The van der Waals surface area contributed by atoms with Crippen LogP contribution < -0.4 is 14.8 Å². The summed E-state index contributed by atoms with van der Waals surface area (Å²) in [6.45, 7) is 3.72. The zero-order valence-corrected chi connectivity index (χ0v) is 12.2. The van der Waals surface area contributed by atoms with Gasteiger partial charge in [-0.25, -0.2) is 0 Å². The molecule has 0 aromatic heterocycles. The first-order valence-electron chi connectivity index (χ1n) is 6.69. The summed E-state index contributed by atoms with van der Waals surface area (Å²) in [5.41, 5.74) is 0. The Bertz CT molecular complexity index is 466. The van der Waals surface area contributed by atoms with Crippen molar-refractivity contribution in [3.8, 4) is 11.5 Å². The molecule has 0 saturated heterocycles. The molecule has 2 N–H and O–H groups in total. The fourth-order valence-corrected chi connectivity index (χ4v) is 2.91. The van der Waals surface area contributed by atoms with Crippen molar-refractivity contribution in [2.45, 2.75) is 24.3 Å². The molecule has 5 nitrogen and oxygen atoms in total. The van der Waals surface area contributed by atoms with Crippen molar-refractivity contribution < 1.29 is 19.4 Å². The second-order valence-corrected chi connectivity index (χ2v) is 5.56. The maximum absolute atomic E-state index is 11.0. The first-order chi connectivity index (χ1) is 9.70. The number of aliphatic carboxylic acids is 1. The van der Waals surface area contributed by atoms with E-state index in [1.807, 2.05) is 25.1 Å². The summed E-state index contributed by atoms with van der Waals surface area (Å²) in [6, 6.07) is 5.34. The van der Waals surface area contributed by atoms with Crippen LogP contribution in [0.5, 0.6) is 11.5 Å². The Morgan fingerprint density at radius 2 is 2.15 bits per heavy atom. The van der Waals surface area contributed by atoms with E-state index in [9.17, 15) is 4.79 Å². The minimum absolute atomic E-state index is 0.482. The van der Waals surface area contributed by atoms with Crippen molar-refractivity contribution in [1.82, 2.24) is 5.32 Å². The van der Waals surface area contributed by atoms with Gasteiger partial charge >= 0.3 is 5.97 Å². The molecule has 20 heavy (non-hydrogen) atoms. The number of carbonyl (C=O) groups is 1. The molecule has 0 amide bonds.